The summed E-state index contributed by atoms with van der Waals surface area (Å²) in [6.45, 7) is 3.22. The van der Waals surface area contributed by atoms with E-state index in [0.717, 1.165) is 37.6 Å². The Morgan fingerprint density at radius 2 is 2.17 bits per heavy atom. The van der Waals surface area contributed by atoms with Crippen LogP contribution in [0.1, 0.15) is 19.8 Å². The second kappa shape index (κ2) is 8.00. The number of sulfonamides is 1. The molecule has 2 rings (SSSR count). The first-order valence-corrected chi connectivity index (χ1v) is 8.47. The van der Waals surface area contributed by atoms with Crippen LogP contribution in [-0.4, -0.2) is 32.5 Å². The molecule has 1 saturated heterocycles. The van der Waals surface area contributed by atoms with Gasteiger partial charge in [-0.1, -0.05) is 6.07 Å². The van der Waals surface area contributed by atoms with Crippen molar-refractivity contribution < 1.29 is 17.7 Å². The monoisotopic (exact) mass is 367 g/mol. The number of nitro benzene ring substituents is 1. The van der Waals surface area contributed by atoms with Crippen LogP contribution in [0.3, 0.4) is 0 Å². The number of halogens is 2. The van der Waals surface area contributed by atoms with Crippen LogP contribution in [0.4, 0.5) is 10.1 Å². The number of rotatable bonds is 5. The zero-order valence-corrected chi connectivity index (χ0v) is 14.1. The maximum Gasteiger partial charge on any atom is 0.292 e. The van der Waals surface area contributed by atoms with Crippen molar-refractivity contribution in [1.29, 1.82) is 0 Å². The summed E-state index contributed by atoms with van der Waals surface area (Å²) < 4.78 is 40.9. The minimum absolute atomic E-state index is 0. The van der Waals surface area contributed by atoms with Crippen molar-refractivity contribution in [2.24, 2.45) is 5.92 Å². The van der Waals surface area contributed by atoms with E-state index < -0.39 is 37.4 Å². The van der Waals surface area contributed by atoms with Gasteiger partial charge in [-0.3, -0.25) is 10.1 Å². The molecule has 23 heavy (non-hydrogen) atoms. The van der Waals surface area contributed by atoms with Crippen molar-refractivity contribution in [2.45, 2.75) is 30.7 Å². The van der Waals surface area contributed by atoms with Gasteiger partial charge in [0.15, 0.2) is 4.90 Å². The molecule has 0 saturated carbocycles. The lowest BCUT2D eigenvalue weighted by molar-refractivity contribution is -0.388. The summed E-state index contributed by atoms with van der Waals surface area (Å²) in [5.41, 5.74) is -0.763. The van der Waals surface area contributed by atoms with Gasteiger partial charge in [0.25, 0.3) is 15.7 Å². The smallest absolute Gasteiger partial charge is 0.292 e. The fraction of sp³-hybridized carbons (Fsp3) is 0.538. The average Bonchev–Trinajstić information content (AvgIpc) is 2.47. The van der Waals surface area contributed by atoms with Crippen LogP contribution in [0.5, 0.6) is 0 Å². The van der Waals surface area contributed by atoms with Gasteiger partial charge in [0.1, 0.15) is 5.82 Å². The average molecular weight is 368 g/mol. The first-order chi connectivity index (χ1) is 10.3. The highest BCUT2D eigenvalue weighted by Gasteiger charge is 2.32. The molecule has 10 heteroatoms. The molecule has 0 radical (unpaired) electrons. The standard InChI is InChI=1S/C13H18FN3O4S.ClH/c1-9(10-4-3-7-15-8-10)16-22(20,21)13-11(14)5-2-6-12(13)17(18)19;/h2,5-6,9-10,15-16H,3-4,7-8H2,1H3;1H. The maximum absolute atomic E-state index is 13.9. The lowest BCUT2D eigenvalue weighted by Crippen LogP contribution is -2.44. The van der Waals surface area contributed by atoms with E-state index in [1.807, 2.05) is 0 Å². The van der Waals surface area contributed by atoms with Crippen molar-refractivity contribution in [2.75, 3.05) is 13.1 Å². The summed E-state index contributed by atoms with van der Waals surface area (Å²) in [6.07, 6.45) is 1.77. The van der Waals surface area contributed by atoms with E-state index in [2.05, 4.69) is 10.0 Å². The Hall–Kier alpha value is -1.29. The van der Waals surface area contributed by atoms with Crippen molar-refractivity contribution in [1.82, 2.24) is 10.0 Å². The molecule has 1 aliphatic heterocycles. The third kappa shape index (κ3) is 4.60. The Morgan fingerprint density at radius 3 is 2.74 bits per heavy atom. The molecule has 2 atom stereocenters. The highest BCUT2D eigenvalue weighted by atomic mass is 35.5. The number of nitrogens with zero attached hydrogens (tertiary/aromatic N) is 1. The molecule has 2 N–H and O–H groups in total. The van der Waals surface area contributed by atoms with Gasteiger partial charge in [-0.05, 0) is 44.8 Å². The molecule has 0 aromatic heterocycles. The molecule has 0 aliphatic carbocycles. The molecular weight excluding hydrogens is 349 g/mol. The van der Waals surface area contributed by atoms with E-state index in [-0.39, 0.29) is 18.3 Å². The van der Waals surface area contributed by atoms with Crippen LogP contribution in [-0.2, 0) is 10.0 Å². The van der Waals surface area contributed by atoms with Crippen LogP contribution < -0.4 is 10.0 Å². The van der Waals surface area contributed by atoms with Crippen LogP contribution in [0, 0.1) is 21.8 Å². The topological polar surface area (TPSA) is 101 Å². The summed E-state index contributed by atoms with van der Waals surface area (Å²) in [4.78, 5) is 9.14. The molecule has 130 valence electrons. The van der Waals surface area contributed by atoms with Gasteiger partial charge in [0.05, 0.1) is 4.92 Å². The molecule has 1 fully saturated rings. The van der Waals surface area contributed by atoms with Crippen molar-refractivity contribution in [3.63, 3.8) is 0 Å². The van der Waals surface area contributed by atoms with Gasteiger partial charge in [0, 0.05) is 12.1 Å². The van der Waals surface area contributed by atoms with Crippen molar-refractivity contribution in [3.8, 4) is 0 Å². The Morgan fingerprint density at radius 1 is 1.48 bits per heavy atom. The number of nitrogens with one attached hydrogen (secondary N) is 2. The second-order valence-electron chi connectivity index (χ2n) is 5.36. The molecule has 2 unspecified atom stereocenters. The second-order valence-corrected chi connectivity index (χ2v) is 7.01. The fourth-order valence-electron chi connectivity index (χ4n) is 2.61. The minimum Gasteiger partial charge on any atom is -0.316 e. The van der Waals surface area contributed by atoms with E-state index in [1.165, 1.54) is 0 Å². The van der Waals surface area contributed by atoms with Gasteiger partial charge in [0.2, 0.25) is 0 Å². The molecule has 0 amide bonds. The summed E-state index contributed by atoms with van der Waals surface area (Å²) in [7, 11) is -4.31. The normalized spacial score (nSPS) is 19.7. The predicted molar refractivity (Wildman–Crippen MR) is 85.7 cm³/mol. The van der Waals surface area contributed by atoms with Gasteiger partial charge in [-0.2, -0.15) is 0 Å². The lowest BCUT2D eigenvalue weighted by atomic mass is 9.94. The van der Waals surface area contributed by atoms with Gasteiger partial charge >= 0.3 is 0 Å². The highest BCUT2D eigenvalue weighted by molar-refractivity contribution is 7.89. The zero-order chi connectivity index (χ0) is 16.3. The number of piperidine rings is 1. The molecule has 0 bridgehead atoms. The Labute approximate surface area is 140 Å². The van der Waals surface area contributed by atoms with E-state index in [9.17, 15) is 22.9 Å². The summed E-state index contributed by atoms with van der Waals surface area (Å²) in [5, 5.41) is 14.1. The van der Waals surface area contributed by atoms with Gasteiger partial charge in [-0.15, -0.1) is 12.4 Å². The molecular formula is C13H19ClFN3O4S. The SMILES string of the molecule is CC(NS(=O)(=O)c1c(F)cccc1[N+](=O)[O-])C1CCCNC1.Cl. The van der Waals surface area contributed by atoms with Crippen LogP contribution in [0.15, 0.2) is 23.1 Å². The number of nitro groups is 1. The van der Waals surface area contributed by atoms with E-state index in [1.54, 1.807) is 6.92 Å². The summed E-state index contributed by atoms with van der Waals surface area (Å²) >= 11 is 0. The molecule has 0 spiro atoms. The zero-order valence-electron chi connectivity index (χ0n) is 12.5. The Bertz CT molecular complexity index is 665. The third-order valence-electron chi connectivity index (χ3n) is 3.79. The first kappa shape index (κ1) is 19.8. The number of hydrogen-bond donors (Lipinski definition) is 2. The summed E-state index contributed by atoms with van der Waals surface area (Å²) in [5.74, 6) is -1.06. The quantitative estimate of drug-likeness (QED) is 0.610. The Balaban J connectivity index is 0.00000264. The molecule has 1 aliphatic rings. The van der Waals surface area contributed by atoms with Crippen LogP contribution in [0.25, 0.3) is 0 Å². The van der Waals surface area contributed by atoms with E-state index in [4.69, 9.17) is 0 Å². The van der Waals surface area contributed by atoms with Crippen molar-refractivity contribution >= 4 is 28.1 Å². The lowest BCUT2D eigenvalue weighted by Gasteiger charge is -2.28. The molecule has 7 nitrogen and oxygen atoms in total. The number of hydrogen-bond acceptors (Lipinski definition) is 5. The minimum atomic E-state index is -4.31. The van der Waals surface area contributed by atoms with Crippen LogP contribution >= 0.6 is 12.4 Å². The fourth-order valence-corrected chi connectivity index (χ4v) is 4.16. The number of benzene rings is 1. The summed E-state index contributed by atoms with van der Waals surface area (Å²) in [6, 6.07) is 2.54. The van der Waals surface area contributed by atoms with Crippen LogP contribution in [0.2, 0.25) is 0 Å². The maximum atomic E-state index is 13.9. The first-order valence-electron chi connectivity index (χ1n) is 6.99. The van der Waals surface area contributed by atoms with E-state index in [0.29, 0.717) is 6.54 Å². The third-order valence-corrected chi connectivity index (χ3v) is 5.42. The highest BCUT2D eigenvalue weighted by Crippen LogP contribution is 2.27. The molecule has 1 aromatic carbocycles. The van der Waals surface area contributed by atoms with Gasteiger partial charge < -0.3 is 5.32 Å². The molecule has 1 heterocycles. The van der Waals surface area contributed by atoms with Gasteiger partial charge in [-0.25, -0.2) is 17.5 Å². The predicted octanol–water partition coefficient (Wildman–Crippen LogP) is 1.82. The van der Waals surface area contributed by atoms with E-state index >= 15 is 0 Å². The van der Waals surface area contributed by atoms with Crippen molar-refractivity contribution in [3.05, 3.63) is 34.1 Å². The Kier molecular flexibility index (Phi) is 6.87. The molecule has 1 aromatic rings. The largest absolute Gasteiger partial charge is 0.316 e.